The van der Waals surface area contributed by atoms with Gasteiger partial charge in [0.05, 0.1) is 23.3 Å². The van der Waals surface area contributed by atoms with Crippen molar-refractivity contribution in [2.24, 2.45) is 0 Å². The van der Waals surface area contributed by atoms with E-state index in [2.05, 4.69) is 66.7 Å². The van der Waals surface area contributed by atoms with E-state index in [9.17, 15) is 10.5 Å². The Kier molecular flexibility index (Phi) is 6.22. The second kappa shape index (κ2) is 10.9. The maximum atomic E-state index is 10.0. The highest BCUT2D eigenvalue weighted by atomic mass is 16.3. The summed E-state index contributed by atoms with van der Waals surface area (Å²) in [6, 6.07) is 53.2. The number of para-hydroxylation sites is 4. The molecule has 7 aromatic carbocycles. The molecule has 0 aliphatic carbocycles. The Labute approximate surface area is 275 Å². The maximum Gasteiger partial charge on any atom is 0.143 e. The van der Waals surface area contributed by atoms with Crippen molar-refractivity contribution in [2.75, 3.05) is 0 Å². The molecule has 0 fully saturated rings. The molecule has 0 atom stereocenters. The first-order chi connectivity index (χ1) is 23.7. The van der Waals surface area contributed by atoms with Crippen LogP contribution in [0.4, 0.5) is 0 Å². The van der Waals surface area contributed by atoms with Crippen molar-refractivity contribution in [2.45, 2.75) is 0 Å². The van der Waals surface area contributed by atoms with E-state index in [0.717, 1.165) is 88.4 Å². The molecule has 9 aromatic rings. The van der Waals surface area contributed by atoms with E-state index in [1.807, 2.05) is 91.0 Å². The van der Waals surface area contributed by atoms with E-state index in [-0.39, 0.29) is 0 Å². The van der Waals surface area contributed by atoms with E-state index in [1.165, 1.54) is 0 Å². The molecule has 2 aromatic heterocycles. The molecule has 0 amide bonds. The molecule has 4 heteroatoms. The van der Waals surface area contributed by atoms with Crippen LogP contribution in [0.1, 0.15) is 11.1 Å². The Morgan fingerprint density at radius 1 is 0.354 bits per heavy atom. The third-order valence-electron chi connectivity index (χ3n) is 9.08. The zero-order valence-corrected chi connectivity index (χ0v) is 25.6. The summed E-state index contributed by atoms with van der Waals surface area (Å²) in [5.41, 5.74) is 11.8. The second-order valence-electron chi connectivity index (χ2n) is 12.0. The average Bonchev–Trinajstić information content (AvgIpc) is 3.73. The van der Waals surface area contributed by atoms with Gasteiger partial charge in [0, 0.05) is 32.7 Å². The van der Waals surface area contributed by atoms with Crippen LogP contribution in [0.3, 0.4) is 0 Å². The number of hydrogen-bond acceptors (Lipinski definition) is 4. The van der Waals surface area contributed by atoms with E-state index in [1.54, 1.807) is 0 Å². The summed E-state index contributed by atoms with van der Waals surface area (Å²) in [6.45, 7) is 0. The number of rotatable bonds is 4. The fourth-order valence-corrected chi connectivity index (χ4v) is 6.86. The number of nitriles is 2. The van der Waals surface area contributed by atoms with Crippen LogP contribution < -0.4 is 0 Å². The number of fused-ring (bicyclic) bond motifs is 6. The molecule has 0 radical (unpaired) electrons. The molecular weight excluding hydrogens is 588 g/mol. The van der Waals surface area contributed by atoms with Crippen LogP contribution in [-0.2, 0) is 0 Å². The summed E-state index contributed by atoms with van der Waals surface area (Å²) >= 11 is 0. The fourth-order valence-electron chi connectivity index (χ4n) is 6.86. The van der Waals surface area contributed by atoms with Gasteiger partial charge in [-0.05, 0) is 88.0 Å². The van der Waals surface area contributed by atoms with Gasteiger partial charge in [-0.1, -0.05) is 91.0 Å². The van der Waals surface area contributed by atoms with Gasteiger partial charge < -0.3 is 8.83 Å². The molecule has 0 saturated heterocycles. The van der Waals surface area contributed by atoms with Gasteiger partial charge in [0.1, 0.15) is 22.3 Å². The minimum absolute atomic E-state index is 0.564. The highest BCUT2D eigenvalue weighted by Gasteiger charge is 2.16. The number of nitrogens with zero attached hydrogens (tertiary/aromatic N) is 2. The predicted octanol–water partition coefficient (Wildman–Crippen LogP) is 11.9. The molecule has 4 nitrogen and oxygen atoms in total. The van der Waals surface area contributed by atoms with Gasteiger partial charge in [-0.2, -0.15) is 10.5 Å². The lowest BCUT2D eigenvalue weighted by atomic mass is 9.92. The molecule has 0 N–H and O–H groups in total. The van der Waals surface area contributed by atoms with E-state index in [4.69, 9.17) is 8.83 Å². The van der Waals surface area contributed by atoms with Gasteiger partial charge in [0.2, 0.25) is 0 Å². The number of benzene rings is 7. The van der Waals surface area contributed by atoms with Crippen LogP contribution in [0.2, 0.25) is 0 Å². The Hall–Kier alpha value is -6.88. The number of hydrogen-bond donors (Lipinski definition) is 0. The van der Waals surface area contributed by atoms with Gasteiger partial charge in [0.15, 0.2) is 0 Å². The van der Waals surface area contributed by atoms with Crippen molar-refractivity contribution in [3.05, 3.63) is 157 Å². The first kappa shape index (κ1) is 27.4. The molecule has 0 aliphatic rings. The van der Waals surface area contributed by atoms with Crippen LogP contribution in [0.25, 0.3) is 88.4 Å². The average molecular weight is 613 g/mol. The third-order valence-corrected chi connectivity index (χ3v) is 9.08. The third kappa shape index (κ3) is 4.44. The first-order valence-electron chi connectivity index (χ1n) is 15.7. The van der Waals surface area contributed by atoms with Crippen molar-refractivity contribution < 1.29 is 8.83 Å². The van der Waals surface area contributed by atoms with Crippen LogP contribution >= 0.6 is 0 Å². The van der Waals surface area contributed by atoms with Gasteiger partial charge in [0.25, 0.3) is 0 Å². The molecule has 0 unspecified atom stereocenters. The smallest absolute Gasteiger partial charge is 0.143 e. The van der Waals surface area contributed by atoms with Crippen LogP contribution in [-0.4, -0.2) is 0 Å². The first-order valence-corrected chi connectivity index (χ1v) is 15.7. The number of furan rings is 2. The van der Waals surface area contributed by atoms with Crippen molar-refractivity contribution in [3.8, 4) is 56.6 Å². The molecule has 222 valence electrons. The molecule has 0 bridgehead atoms. The summed E-state index contributed by atoms with van der Waals surface area (Å²) in [7, 11) is 0. The SMILES string of the molecule is N#Cc1cc(-c2cccc(-c3cc(C#N)cc(-c4cccc5c4oc4ccccc45)c3)c2)cc(-c2cccc3c2oc2ccccc23)c1. The van der Waals surface area contributed by atoms with Crippen LogP contribution in [0.5, 0.6) is 0 Å². The minimum atomic E-state index is 0.564. The monoisotopic (exact) mass is 612 g/mol. The largest absolute Gasteiger partial charge is 0.455 e. The Morgan fingerprint density at radius 3 is 1.23 bits per heavy atom. The molecule has 48 heavy (non-hydrogen) atoms. The normalized spacial score (nSPS) is 11.3. The van der Waals surface area contributed by atoms with E-state index >= 15 is 0 Å². The Morgan fingerprint density at radius 2 is 0.750 bits per heavy atom. The summed E-state index contributed by atoms with van der Waals surface area (Å²) < 4.78 is 12.7. The molecule has 0 spiro atoms. The standard InChI is InChI=1S/C44H24N2O2/c45-25-27-18-31(23-33(20-27)35-12-6-14-39-37-10-1-3-16-41(37)47-43(35)39)29-8-5-9-30(22-29)32-19-28(26-46)21-34(24-32)36-13-7-15-40-38-11-2-4-17-42(38)48-44(36)40/h1-24H. The zero-order valence-electron chi connectivity index (χ0n) is 25.6. The fraction of sp³-hybridized carbons (Fsp3) is 0. The van der Waals surface area contributed by atoms with E-state index in [0.29, 0.717) is 11.1 Å². The summed E-state index contributed by atoms with van der Waals surface area (Å²) in [5.74, 6) is 0. The highest BCUT2D eigenvalue weighted by molar-refractivity contribution is 6.10. The topological polar surface area (TPSA) is 73.9 Å². The Balaban J connectivity index is 1.17. The molecule has 9 rings (SSSR count). The molecular formula is C44H24N2O2. The second-order valence-corrected chi connectivity index (χ2v) is 12.0. The molecule has 0 saturated carbocycles. The van der Waals surface area contributed by atoms with Crippen molar-refractivity contribution in [3.63, 3.8) is 0 Å². The lowest BCUT2D eigenvalue weighted by Gasteiger charge is -2.11. The molecule has 0 aliphatic heterocycles. The van der Waals surface area contributed by atoms with Gasteiger partial charge in [-0.15, -0.1) is 0 Å². The lowest BCUT2D eigenvalue weighted by molar-refractivity contribution is 0.669. The summed E-state index contributed by atoms with van der Waals surface area (Å²) in [5, 5.41) is 24.3. The van der Waals surface area contributed by atoms with Crippen molar-refractivity contribution >= 4 is 43.9 Å². The maximum absolute atomic E-state index is 10.0. The van der Waals surface area contributed by atoms with Crippen LogP contribution in [0.15, 0.2) is 154 Å². The van der Waals surface area contributed by atoms with Gasteiger partial charge in [-0.3, -0.25) is 0 Å². The summed E-state index contributed by atoms with van der Waals surface area (Å²) in [6.07, 6.45) is 0. The highest BCUT2D eigenvalue weighted by Crippen LogP contribution is 2.40. The van der Waals surface area contributed by atoms with Crippen LogP contribution in [0, 0.1) is 22.7 Å². The van der Waals surface area contributed by atoms with Crippen molar-refractivity contribution in [1.82, 2.24) is 0 Å². The quantitative estimate of drug-likeness (QED) is 0.198. The predicted molar refractivity (Wildman–Crippen MR) is 192 cm³/mol. The summed E-state index contributed by atoms with van der Waals surface area (Å²) in [4.78, 5) is 0. The zero-order chi connectivity index (χ0) is 32.2. The molecule has 2 heterocycles. The van der Waals surface area contributed by atoms with E-state index < -0.39 is 0 Å². The minimum Gasteiger partial charge on any atom is -0.455 e. The van der Waals surface area contributed by atoms with Crippen molar-refractivity contribution in [1.29, 1.82) is 10.5 Å². The van der Waals surface area contributed by atoms with Gasteiger partial charge in [-0.25, -0.2) is 0 Å². The lowest BCUT2D eigenvalue weighted by Crippen LogP contribution is -1.88. The van der Waals surface area contributed by atoms with Gasteiger partial charge >= 0.3 is 0 Å². The Bertz CT molecular complexity index is 2630.